The number of hydrogen-bond acceptors (Lipinski definition) is 6. The summed E-state index contributed by atoms with van der Waals surface area (Å²) in [6.07, 6.45) is 1.15. The monoisotopic (exact) mass is 534 g/mol. The quantitative estimate of drug-likeness (QED) is 0.391. The molecule has 5 rings (SSSR count). The number of anilines is 2. The predicted molar refractivity (Wildman–Crippen MR) is 141 cm³/mol. The molecule has 0 spiro atoms. The van der Waals surface area contributed by atoms with E-state index in [1.54, 1.807) is 21.3 Å². The molecule has 3 aromatic carbocycles. The molecule has 0 bridgehead atoms. The normalized spacial score (nSPS) is 19.0. The van der Waals surface area contributed by atoms with Gasteiger partial charge in [0.15, 0.2) is 5.78 Å². The predicted octanol–water partition coefficient (Wildman–Crippen LogP) is 6.45. The Labute approximate surface area is 213 Å². The summed E-state index contributed by atoms with van der Waals surface area (Å²) in [6.45, 7) is 0. The standard InChI is InChI=1S/C28H27BrN2O4/c1-33-18-10-8-16(9-11-18)17-12-23-27(24(32)13-17)28(31-22-7-5-4-6-21(22)30-23)19-14-26(35-3)20(29)15-25(19)34-2/h4-11,14-15,17,28,30-31H,12-13H2,1-3H3/t17-,28-/m1/s1. The third kappa shape index (κ3) is 4.36. The summed E-state index contributed by atoms with van der Waals surface area (Å²) >= 11 is 3.55. The van der Waals surface area contributed by atoms with Crippen LogP contribution in [0.15, 0.2) is 76.4 Å². The molecule has 0 radical (unpaired) electrons. The average molecular weight is 535 g/mol. The summed E-state index contributed by atoms with van der Waals surface area (Å²) in [7, 11) is 4.92. The van der Waals surface area contributed by atoms with Crippen LogP contribution in [0.3, 0.4) is 0 Å². The molecule has 0 amide bonds. The molecule has 0 unspecified atom stereocenters. The van der Waals surface area contributed by atoms with Crippen molar-refractivity contribution in [1.82, 2.24) is 0 Å². The first kappa shape index (κ1) is 23.3. The number of carbonyl (C=O) groups excluding carboxylic acids is 1. The van der Waals surface area contributed by atoms with Gasteiger partial charge in [-0.2, -0.15) is 0 Å². The van der Waals surface area contributed by atoms with Crippen LogP contribution in [0.25, 0.3) is 0 Å². The van der Waals surface area contributed by atoms with Gasteiger partial charge in [0.25, 0.3) is 0 Å². The van der Waals surface area contributed by atoms with Crippen molar-refractivity contribution in [3.05, 3.63) is 87.5 Å². The van der Waals surface area contributed by atoms with Crippen molar-refractivity contribution < 1.29 is 19.0 Å². The molecule has 6 nitrogen and oxygen atoms in total. The minimum absolute atomic E-state index is 0.0758. The van der Waals surface area contributed by atoms with Crippen LogP contribution < -0.4 is 24.8 Å². The van der Waals surface area contributed by atoms with Crippen LogP contribution in [0.5, 0.6) is 17.2 Å². The Balaban J connectivity index is 1.63. The first-order valence-electron chi connectivity index (χ1n) is 11.5. The van der Waals surface area contributed by atoms with Crippen LogP contribution in [-0.2, 0) is 4.79 Å². The van der Waals surface area contributed by atoms with E-state index in [1.165, 1.54) is 0 Å². The summed E-state index contributed by atoms with van der Waals surface area (Å²) < 4.78 is 17.4. The molecule has 1 aliphatic heterocycles. The van der Waals surface area contributed by atoms with Gasteiger partial charge in [0, 0.05) is 23.3 Å². The highest BCUT2D eigenvalue weighted by atomic mass is 79.9. The van der Waals surface area contributed by atoms with Crippen LogP contribution in [0.4, 0.5) is 11.4 Å². The molecule has 180 valence electrons. The fourth-order valence-electron chi connectivity index (χ4n) is 4.95. The minimum atomic E-state index is -0.401. The van der Waals surface area contributed by atoms with E-state index < -0.39 is 6.04 Å². The Morgan fingerprint density at radius 2 is 1.57 bits per heavy atom. The van der Waals surface area contributed by atoms with Gasteiger partial charge in [0.1, 0.15) is 17.2 Å². The Hall–Kier alpha value is -3.45. The van der Waals surface area contributed by atoms with Crippen molar-refractivity contribution in [1.29, 1.82) is 0 Å². The van der Waals surface area contributed by atoms with Crippen LogP contribution in [0.2, 0.25) is 0 Å². The van der Waals surface area contributed by atoms with Gasteiger partial charge in [-0.1, -0.05) is 24.3 Å². The maximum absolute atomic E-state index is 13.8. The number of benzene rings is 3. The van der Waals surface area contributed by atoms with Gasteiger partial charge in [-0.05, 0) is 70.2 Å². The third-order valence-electron chi connectivity index (χ3n) is 6.71. The molecular weight excluding hydrogens is 508 g/mol. The van der Waals surface area contributed by atoms with Crippen molar-refractivity contribution >= 4 is 33.1 Å². The molecule has 2 atom stereocenters. The first-order valence-corrected chi connectivity index (χ1v) is 12.3. The van der Waals surface area contributed by atoms with E-state index in [-0.39, 0.29) is 11.7 Å². The van der Waals surface area contributed by atoms with E-state index >= 15 is 0 Å². The van der Waals surface area contributed by atoms with Gasteiger partial charge >= 0.3 is 0 Å². The van der Waals surface area contributed by atoms with Crippen LogP contribution in [0.1, 0.15) is 35.9 Å². The molecule has 1 heterocycles. The molecular formula is C28H27BrN2O4. The molecule has 35 heavy (non-hydrogen) atoms. The number of para-hydroxylation sites is 2. The highest BCUT2D eigenvalue weighted by molar-refractivity contribution is 9.10. The third-order valence-corrected chi connectivity index (χ3v) is 7.33. The number of nitrogens with one attached hydrogen (secondary N) is 2. The van der Waals surface area contributed by atoms with Crippen molar-refractivity contribution in [2.75, 3.05) is 32.0 Å². The Morgan fingerprint density at radius 1 is 0.857 bits per heavy atom. The van der Waals surface area contributed by atoms with E-state index in [0.717, 1.165) is 50.4 Å². The van der Waals surface area contributed by atoms with E-state index in [2.05, 4.69) is 26.6 Å². The lowest BCUT2D eigenvalue weighted by molar-refractivity contribution is -0.116. The molecule has 0 saturated heterocycles. The average Bonchev–Trinajstić information content (AvgIpc) is 3.05. The fourth-order valence-corrected chi connectivity index (χ4v) is 5.43. The van der Waals surface area contributed by atoms with E-state index in [9.17, 15) is 4.79 Å². The number of methoxy groups -OCH3 is 3. The Bertz CT molecular complexity index is 1300. The van der Waals surface area contributed by atoms with Crippen LogP contribution in [0, 0.1) is 0 Å². The van der Waals surface area contributed by atoms with Gasteiger partial charge in [-0.25, -0.2) is 0 Å². The maximum Gasteiger partial charge on any atom is 0.163 e. The summed E-state index contributed by atoms with van der Waals surface area (Å²) in [4.78, 5) is 13.8. The lowest BCUT2D eigenvalue weighted by atomic mass is 9.78. The van der Waals surface area contributed by atoms with Crippen molar-refractivity contribution in [3.63, 3.8) is 0 Å². The number of allylic oxidation sites excluding steroid dienone is 1. The molecule has 0 fully saturated rings. The minimum Gasteiger partial charge on any atom is -0.497 e. The van der Waals surface area contributed by atoms with E-state index in [0.29, 0.717) is 17.9 Å². The number of rotatable bonds is 5. The highest BCUT2D eigenvalue weighted by Gasteiger charge is 2.37. The number of ketones is 1. The fraction of sp³-hybridized carbons (Fsp3) is 0.250. The Kier molecular flexibility index (Phi) is 6.43. The largest absolute Gasteiger partial charge is 0.497 e. The number of Topliss-reactive ketones (excluding diaryl/α,β-unsaturated/α-hetero) is 1. The summed E-state index contributed by atoms with van der Waals surface area (Å²) in [5.41, 5.74) is 5.48. The topological polar surface area (TPSA) is 68.8 Å². The zero-order valence-corrected chi connectivity index (χ0v) is 21.4. The van der Waals surface area contributed by atoms with Gasteiger partial charge in [-0.3, -0.25) is 4.79 Å². The summed E-state index contributed by atoms with van der Waals surface area (Å²) in [5, 5.41) is 7.19. The van der Waals surface area contributed by atoms with E-state index in [4.69, 9.17) is 14.2 Å². The van der Waals surface area contributed by atoms with Crippen molar-refractivity contribution in [2.45, 2.75) is 24.8 Å². The second-order valence-electron chi connectivity index (χ2n) is 8.67. The molecule has 3 aromatic rings. The van der Waals surface area contributed by atoms with Crippen molar-refractivity contribution in [3.8, 4) is 17.2 Å². The number of fused-ring (bicyclic) bond motifs is 1. The summed E-state index contributed by atoms with van der Waals surface area (Å²) in [5.74, 6) is 2.33. The maximum atomic E-state index is 13.8. The second-order valence-corrected chi connectivity index (χ2v) is 9.52. The molecule has 7 heteroatoms. The van der Waals surface area contributed by atoms with Gasteiger partial charge in [-0.15, -0.1) is 0 Å². The second kappa shape index (κ2) is 9.66. The highest BCUT2D eigenvalue weighted by Crippen LogP contribution is 2.47. The van der Waals surface area contributed by atoms with Gasteiger partial charge in [0.05, 0.1) is 43.2 Å². The zero-order valence-electron chi connectivity index (χ0n) is 19.9. The molecule has 1 aliphatic carbocycles. The Morgan fingerprint density at radius 3 is 2.26 bits per heavy atom. The van der Waals surface area contributed by atoms with Gasteiger partial charge < -0.3 is 24.8 Å². The van der Waals surface area contributed by atoms with Crippen LogP contribution >= 0.6 is 15.9 Å². The summed E-state index contributed by atoms with van der Waals surface area (Å²) in [6, 6.07) is 19.4. The smallest absolute Gasteiger partial charge is 0.163 e. The molecule has 2 N–H and O–H groups in total. The van der Waals surface area contributed by atoms with Crippen molar-refractivity contribution in [2.24, 2.45) is 0 Å². The van der Waals surface area contributed by atoms with Crippen LogP contribution in [-0.4, -0.2) is 27.1 Å². The number of ether oxygens (including phenoxy) is 3. The molecule has 0 saturated carbocycles. The zero-order chi connectivity index (χ0) is 24.5. The lowest BCUT2D eigenvalue weighted by Gasteiger charge is -2.30. The van der Waals surface area contributed by atoms with E-state index in [1.807, 2.05) is 60.7 Å². The molecule has 2 aliphatic rings. The number of halogens is 1. The molecule has 0 aromatic heterocycles. The first-order chi connectivity index (χ1) is 17.0. The number of carbonyl (C=O) groups is 1. The van der Waals surface area contributed by atoms with Gasteiger partial charge in [0.2, 0.25) is 0 Å². The SMILES string of the molecule is COc1ccc([C@H]2CC(=O)C3=C(C2)Nc2ccccc2N[C@@H]3c2cc(OC)c(Br)cc2OC)cc1. The number of hydrogen-bond donors (Lipinski definition) is 2. The lowest BCUT2D eigenvalue weighted by Crippen LogP contribution is -2.27.